The van der Waals surface area contributed by atoms with Gasteiger partial charge in [0, 0.05) is 7.05 Å². The molecule has 1 rings (SSSR count). The van der Waals surface area contributed by atoms with E-state index in [9.17, 15) is 9.90 Å². The van der Waals surface area contributed by atoms with E-state index >= 15 is 0 Å². The number of rotatable bonds is 6. The second kappa shape index (κ2) is 5.27. The van der Waals surface area contributed by atoms with Gasteiger partial charge in [-0.05, 0) is 20.3 Å². The van der Waals surface area contributed by atoms with Crippen LogP contribution in [0.4, 0.5) is 0 Å². The van der Waals surface area contributed by atoms with E-state index < -0.39 is 11.5 Å². The lowest BCUT2D eigenvalue weighted by molar-refractivity contribution is -0.144. The van der Waals surface area contributed by atoms with Crippen molar-refractivity contribution in [2.24, 2.45) is 7.05 Å². The molecule has 0 aliphatic carbocycles. The molecule has 6 nitrogen and oxygen atoms in total. The Morgan fingerprint density at radius 3 is 2.59 bits per heavy atom. The standard InChI is InChI=1S/C11H20N4O2/c1-5-6-11(3,10(16)17)12-7-9-14-13-8(2)15(9)4/h12H,5-7H2,1-4H3,(H,16,17). The maximum absolute atomic E-state index is 11.2. The number of aromatic nitrogens is 3. The minimum absolute atomic E-state index is 0.403. The van der Waals surface area contributed by atoms with Crippen LogP contribution in [-0.2, 0) is 18.4 Å². The van der Waals surface area contributed by atoms with Gasteiger partial charge < -0.3 is 9.67 Å². The second-order valence-electron chi connectivity index (χ2n) is 4.46. The summed E-state index contributed by atoms with van der Waals surface area (Å²) in [5.41, 5.74) is -0.908. The molecule has 0 saturated heterocycles. The number of carboxylic acids is 1. The van der Waals surface area contributed by atoms with Gasteiger partial charge in [-0.15, -0.1) is 10.2 Å². The molecule has 0 saturated carbocycles. The summed E-state index contributed by atoms with van der Waals surface area (Å²) in [6.45, 7) is 5.93. The summed E-state index contributed by atoms with van der Waals surface area (Å²) in [4.78, 5) is 11.2. The van der Waals surface area contributed by atoms with E-state index in [1.54, 1.807) is 6.92 Å². The van der Waals surface area contributed by atoms with Gasteiger partial charge >= 0.3 is 5.97 Å². The van der Waals surface area contributed by atoms with Gasteiger partial charge in [-0.2, -0.15) is 0 Å². The molecule has 6 heteroatoms. The summed E-state index contributed by atoms with van der Waals surface area (Å²) in [7, 11) is 1.87. The maximum Gasteiger partial charge on any atom is 0.323 e. The molecule has 1 aromatic rings. The highest BCUT2D eigenvalue weighted by atomic mass is 16.4. The number of carbonyl (C=O) groups is 1. The lowest BCUT2D eigenvalue weighted by atomic mass is 9.96. The summed E-state index contributed by atoms with van der Waals surface area (Å²) in [6, 6.07) is 0. The zero-order chi connectivity index (χ0) is 13.1. The Bertz CT molecular complexity index is 402. The predicted molar refractivity (Wildman–Crippen MR) is 63.5 cm³/mol. The monoisotopic (exact) mass is 240 g/mol. The van der Waals surface area contributed by atoms with Crippen molar-refractivity contribution in [2.75, 3.05) is 0 Å². The molecular formula is C11H20N4O2. The average molecular weight is 240 g/mol. The zero-order valence-electron chi connectivity index (χ0n) is 10.8. The fourth-order valence-electron chi connectivity index (χ4n) is 1.65. The zero-order valence-corrected chi connectivity index (χ0v) is 10.8. The molecular weight excluding hydrogens is 220 g/mol. The molecule has 0 fully saturated rings. The first-order valence-electron chi connectivity index (χ1n) is 5.74. The third kappa shape index (κ3) is 3.03. The summed E-state index contributed by atoms with van der Waals surface area (Å²) < 4.78 is 1.85. The molecule has 0 spiro atoms. The first-order valence-corrected chi connectivity index (χ1v) is 5.74. The predicted octanol–water partition coefficient (Wildman–Crippen LogP) is 0.857. The summed E-state index contributed by atoms with van der Waals surface area (Å²) >= 11 is 0. The Balaban J connectivity index is 2.71. The van der Waals surface area contributed by atoms with Crippen LogP contribution >= 0.6 is 0 Å². The number of aryl methyl sites for hydroxylation is 1. The first kappa shape index (κ1) is 13.6. The Labute approximate surface area is 101 Å². The molecule has 0 aliphatic heterocycles. The Morgan fingerprint density at radius 1 is 1.53 bits per heavy atom. The highest BCUT2D eigenvalue weighted by molar-refractivity contribution is 5.78. The molecule has 1 atom stereocenters. The van der Waals surface area contributed by atoms with Crippen molar-refractivity contribution in [3.8, 4) is 0 Å². The quantitative estimate of drug-likeness (QED) is 0.770. The molecule has 1 heterocycles. The lowest BCUT2D eigenvalue weighted by Crippen LogP contribution is -2.49. The van der Waals surface area contributed by atoms with Crippen molar-refractivity contribution >= 4 is 5.97 Å². The average Bonchev–Trinajstić information content (AvgIpc) is 2.57. The van der Waals surface area contributed by atoms with Crippen LogP contribution in [0.1, 0.15) is 38.3 Å². The molecule has 0 radical (unpaired) electrons. The first-order chi connectivity index (χ1) is 7.90. The molecule has 0 amide bonds. The van der Waals surface area contributed by atoms with Gasteiger partial charge in [0.2, 0.25) is 0 Å². The summed E-state index contributed by atoms with van der Waals surface area (Å²) in [5, 5.41) is 20.2. The fourth-order valence-corrected chi connectivity index (χ4v) is 1.65. The number of hydrogen-bond acceptors (Lipinski definition) is 4. The topological polar surface area (TPSA) is 80.0 Å². The van der Waals surface area contributed by atoms with Gasteiger partial charge in [-0.1, -0.05) is 13.3 Å². The third-order valence-electron chi connectivity index (χ3n) is 3.04. The van der Waals surface area contributed by atoms with Crippen LogP contribution in [0.15, 0.2) is 0 Å². The molecule has 0 aromatic carbocycles. The summed E-state index contributed by atoms with van der Waals surface area (Å²) in [6.07, 6.45) is 1.40. The van der Waals surface area contributed by atoms with E-state index in [0.29, 0.717) is 13.0 Å². The van der Waals surface area contributed by atoms with Gasteiger partial charge in [0.25, 0.3) is 0 Å². The van der Waals surface area contributed by atoms with E-state index in [4.69, 9.17) is 0 Å². The second-order valence-corrected chi connectivity index (χ2v) is 4.46. The van der Waals surface area contributed by atoms with Gasteiger partial charge in [0.05, 0.1) is 6.54 Å². The van der Waals surface area contributed by atoms with Crippen molar-refractivity contribution in [1.29, 1.82) is 0 Å². The molecule has 96 valence electrons. The van der Waals surface area contributed by atoms with Gasteiger partial charge in [0.1, 0.15) is 17.2 Å². The normalized spacial score (nSPS) is 14.6. The van der Waals surface area contributed by atoms with E-state index in [1.165, 1.54) is 0 Å². The van der Waals surface area contributed by atoms with Crippen LogP contribution in [0.5, 0.6) is 0 Å². The van der Waals surface area contributed by atoms with E-state index in [-0.39, 0.29) is 0 Å². The van der Waals surface area contributed by atoms with Crippen molar-refractivity contribution in [3.05, 3.63) is 11.6 Å². The molecule has 1 unspecified atom stereocenters. The Morgan fingerprint density at radius 2 is 2.18 bits per heavy atom. The number of hydrogen-bond donors (Lipinski definition) is 2. The molecule has 0 aliphatic rings. The minimum Gasteiger partial charge on any atom is -0.480 e. The van der Waals surface area contributed by atoms with Crippen LogP contribution in [0, 0.1) is 6.92 Å². The highest BCUT2D eigenvalue weighted by Crippen LogP contribution is 2.13. The van der Waals surface area contributed by atoms with Crippen molar-refractivity contribution in [3.63, 3.8) is 0 Å². The van der Waals surface area contributed by atoms with Crippen molar-refractivity contribution in [1.82, 2.24) is 20.1 Å². The Kier molecular flexibility index (Phi) is 4.22. The maximum atomic E-state index is 11.2. The molecule has 1 aromatic heterocycles. The molecule has 0 bridgehead atoms. The van der Waals surface area contributed by atoms with Crippen LogP contribution in [-0.4, -0.2) is 31.4 Å². The van der Waals surface area contributed by atoms with E-state index in [1.807, 2.05) is 25.5 Å². The SMILES string of the molecule is CCCC(C)(NCc1nnc(C)n1C)C(=O)O. The molecule has 2 N–H and O–H groups in total. The van der Waals surface area contributed by atoms with Gasteiger partial charge in [-0.3, -0.25) is 10.1 Å². The summed E-state index contributed by atoms with van der Waals surface area (Å²) in [5.74, 6) is 0.721. The van der Waals surface area contributed by atoms with Crippen LogP contribution in [0.2, 0.25) is 0 Å². The number of carboxylic acid groups (broad SMARTS) is 1. The molecule has 17 heavy (non-hydrogen) atoms. The Hall–Kier alpha value is -1.43. The largest absolute Gasteiger partial charge is 0.480 e. The minimum atomic E-state index is -0.908. The van der Waals surface area contributed by atoms with Crippen molar-refractivity contribution in [2.45, 2.75) is 45.7 Å². The fraction of sp³-hybridized carbons (Fsp3) is 0.727. The van der Waals surface area contributed by atoms with Crippen molar-refractivity contribution < 1.29 is 9.90 Å². The van der Waals surface area contributed by atoms with E-state index in [2.05, 4.69) is 15.5 Å². The highest BCUT2D eigenvalue weighted by Gasteiger charge is 2.31. The smallest absolute Gasteiger partial charge is 0.323 e. The van der Waals surface area contributed by atoms with E-state index in [0.717, 1.165) is 18.1 Å². The van der Waals surface area contributed by atoms with Crippen LogP contribution in [0.3, 0.4) is 0 Å². The van der Waals surface area contributed by atoms with Crippen LogP contribution < -0.4 is 5.32 Å². The van der Waals surface area contributed by atoms with Gasteiger partial charge in [-0.25, -0.2) is 0 Å². The van der Waals surface area contributed by atoms with Gasteiger partial charge in [0.15, 0.2) is 0 Å². The number of nitrogens with one attached hydrogen (secondary N) is 1. The number of aliphatic carboxylic acids is 1. The number of nitrogens with zero attached hydrogens (tertiary/aromatic N) is 3. The van der Waals surface area contributed by atoms with Crippen LogP contribution in [0.25, 0.3) is 0 Å². The third-order valence-corrected chi connectivity index (χ3v) is 3.04. The lowest BCUT2D eigenvalue weighted by Gasteiger charge is -2.25.